The standard InChI is InChI=1S/C19H21N3O2/c23-18(20-13-14-24-17-6-2-1-3-7-17)11-10-16-9-8-15-5-4-12-21-19(15)22-16/h1-3,6-11H,4-5,12-14H2,(H,20,23)(H,21,22). The molecule has 5 heteroatoms. The van der Waals surface area contributed by atoms with E-state index in [0.29, 0.717) is 13.2 Å². The maximum absolute atomic E-state index is 11.8. The van der Waals surface area contributed by atoms with Gasteiger partial charge in [0.2, 0.25) is 5.91 Å². The van der Waals surface area contributed by atoms with Crippen LogP contribution in [0.1, 0.15) is 17.7 Å². The van der Waals surface area contributed by atoms with Crippen molar-refractivity contribution in [1.82, 2.24) is 10.3 Å². The molecule has 0 saturated carbocycles. The van der Waals surface area contributed by atoms with E-state index >= 15 is 0 Å². The molecule has 1 aromatic heterocycles. The van der Waals surface area contributed by atoms with Gasteiger partial charge in [0.15, 0.2) is 0 Å². The predicted octanol–water partition coefficient (Wildman–Crippen LogP) is 2.65. The molecule has 3 rings (SSSR count). The molecule has 0 spiro atoms. The number of para-hydroxylation sites is 1. The Morgan fingerprint density at radius 1 is 1.25 bits per heavy atom. The van der Waals surface area contributed by atoms with Gasteiger partial charge in [-0.3, -0.25) is 4.79 Å². The minimum atomic E-state index is -0.154. The van der Waals surface area contributed by atoms with Gasteiger partial charge >= 0.3 is 0 Å². The first-order valence-corrected chi connectivity index (χ1v) is 8.19. The summed E-state index contributed by atoms with van der Waals surface area (Å²) in [5, 5.41) is 6.08. The third kappa shape index (κ3) is 4.59. The summed E-state index contributed by atoms with van der Waals surface area (Å²) < 4.78 is 5.52. The van der Waals surface area contributed by atoms with Crippen LogP contribution in [0.5, 0.6) is 5.75 Å². The number of ether oxygens (including phenoxy) is 1. The van der Waals surface area contributed by atoms with Crippen LogP contribution >= 0.6 is 0 Å². The zero-order valence-corrected chi connectivity index (χ0v) is 13.5. The maximum Gasteiger partial charge on any atom is 0.244 e. The zero-order valence-electron chi connectivity index (χ0n) is 13.5. The summed E-state index contributed by atoms with van der Waals surface area (Å²) >= 11 is 0. The highest BCUT2D eigenvalue weighted by atomic mass is 16.5. The molecule has 0 radical (unpaired) electrons. The lowest BCUT2D eigenvalue weighted by atomic mass is 10.1. The van der Waals surface area contributed by atoms with Crippen molar-refractivity contribution in [2.24, 2.45) is 0 Å². The highest BCUT2D eigenvalue weighted by molar-refractivity contribution is 5.91. The number of amides is 1. The van der Waals surface area contributed by atoms with Gasteiger partial charge in [-0.1, -0.05) is 24.3 Å². The number of benzene rings is 1. The minimum Gasteiger partial charge on any atom is -0.492 e. The molecule has 0 fully saturated rings. The van der Waals surface area contributed by atoms with Crippen molar-refractivity contribution in [3.05, 3.63) is 59.8 Å². The van der Waals surface area contributed by atoms with E-state index in [-0.39, 0.29) is 5.91 Å². The van der Waals surface area contributed by atoms with Gasteiger partial charge in [0.1, 0.15) is 18.2 Å². The van der Waals surface area contributed by atoms with Crippen molar-refractivity contribution >= 4 is 17.8 Å². The highest BCUT2D eigenvalue weighted by Crippen LogP contribution is 2.19. The number of rotatable bonds is 6. The third-order valence-corrected chi connectivity index (χ3v) is 3.73. The largest absolute Gasteiger partial charge is 0.492 e. The zero-order chi connectivity index (χ0) is 16.6. The van der Waals surface area contributed by atoms with Crippen molar-refractivity contribution in [2.75, 3.05) is 25.0 Å². The number of carbonyl (C=O) groups excluding carboxylic acids is 1. The van der Waals surface area contributed by atoms with Crippen LogP contribution in [0, 0.1) is 0 Å². The van der Waals surface area contributed by atoms with Crippen molar-refractivity contribution in [3.63, 3.8) is 0 Å². The molecule has 5 nitrogen and oxygen atoms in total. The lowest BCUT2D eigenvalue weighted by Gasteiger charge is -2.16. The van der Waals surface area contributed by atoms with Crippen LogP contribution in [0.25, 0.3) is 6.08 Å². The molecule has 0 saturated heterocycles. The molecular formula is C19H21N3O2. The normalized spacial score (nSPS) is 13.2. The van der Waals surface area contributed by atoms with Gasteiger partial charge in [0.25, 0.3) is 0 Å². The molecule has 0 atom stereocenters. The summed E-state index contributed by atoms with van der Waals surface area (Å²) in [6, 6.07) is 13.5. The number of carbonyl (C=O) groups is 1. The van der Waals surface area contributed by atoms with Crippen molar-refractivity contribution in [3.8, 4) is 5.75 Å². The van der Waals surface area contributed by atoms with E-state index in [1.807, 2.05) is 36.4 Å². The molecule has 1 aliphatic rings. The Kier molecular flexibility index (Phi) is 5.45. The van der Waals surface area contributed by atoms with Crippen molar-refractivity contribution in [2.45, 2.75) is 12.8 Å². The number of pyridine rings is 1. The molecule has 1 aliphatic heterocycles. The molecule has 2 N–H and O–H groups in total. The number of aryl methyl sites for hydroxylation is 1. The van der Waals surface area contributed by atoms with Crippen molar-refractivity contribution in [1.29, 1.82) is 0 Å². The second-order valence-electron chi connectivity index (χ2n) is 5.56. The molecule has 2 heterocycles. The number of anilines is 1. The van der Waals surface area contributed by atoms with Crippen LogP contribution in [0.15, 0.2) is 48.5 Å². The first-order valence-electron chi connectivity index (χ1n) is 8.19. The summed E-state index contributed by atoms with van der Waals surface area (Å²) in [5.41, 5.74) is 2.01. The van der Waals surface area contributed by atoms with Crippen LogP contribution in [0.4, 0.5) is 5.82 Å². The summed E-state index contributed by atoms with van der Waals surface area (Å²) in [6.45, 7) is 1.84. The van der Waals surface area contributed by atoms with Crippen LogP contribution in [0.2, 0.25) is 0 Å². The molecule has 0 aliphatic carbocycles. The molecule has 124 valence electrons. The minimum absolute atomic E-state index is 0.154. The predicted molar refractivity (Wildman–Crippen MR) is 95.0 cm³/mol. The number of aromatic nitrogens is 1. The molecule has 1 amide bonds. The highest BCUT2D eigenvalue weighted by Gasteiger charge is 2.09. The first-order chi connectivity index (χ1) is 11.8. The van der Waals surface area contributed by atoms with E-state index in [9.17, 15) is 4.79 Å². The van der Waals surface area contributed by atoms with Gasteiger partial charge in [-0.25, -0.2) is 4.98 Å². The van der Waals surface area contributed by atoms with Gasteiger partial charge in [-0.2, -0.15) is 0 Å². The Morgan fingerprint density at radius 2 is 2.12 bits per heavy atom. The van der Waals surface area contributed by atoms with Gasteiger partial charge in [-0.15, -0.1) is 0 Å². The summed E-state index contributed by atoms with van der Waals surface area (Å²) in [6.07, 6.45) is 5.42. The SMILES string of the molecule is O=C(C=Cc1ccc2c(n1)NCCC2)NCCOc1ccccc1. The van der Waals surface area contributed by atoms with E-state index in [1.54, 1.807) is 6.08 Å². The second kappa shape index (κ2) is 8.15. The van der Waals surface area contributed by atoms with E-state index in [2.05, 4.69) is 21.7 Å². The molecule has 24 heavy (non-hydrogen) atoms. The summed E-state index contributed by atoms with van der Waals surface area (Å²) in [7, 11) is 0. The topological polar surface area (TPSA) is 63.2 Å². The molecular weight excluding hydrogens is 302 g/mol. The fraction of sp³-hybridized carbons (Fsp3) is 0.263. The molecule has 0 unspecified atom stereocenters. The fourth-order valence-corrected chi connectivity index (χ4v) is 2.52. The van der Waals surface area contributed by atoms with E-state index in [4.69, 9.17) is 4.74 Å². The Morgan fingerprint density at radius 3 is 3.00 bits per heavy atom. The van der Waals surface area contributed by atoms with E-state index < -0.39 is 0 Å². The van der Waals surface area contributed by atoms with Crippen LogP contribution < -0.4 is 15.4 Å². The Labute approximate surface area is 141 Å². The van der Waals surface area contributed by atoms with Gasteiger partial charge < -0.3 is 15.4 Å². The first kappa shape index (κ1) is 16.1. The quantitative estimate of drug-likeness (QED) is 0.634. The Hall–Kier alpha value is -2.82. The van der Waals surface area contributed by atoms with Crippen LogP contribution in [-0.4, -0.2) is 30.6 Å². The van der Waals surface area contributed by atoms with Gasteiger partial charge in [-0.05, 0) is 42.7 Å². The average Bonchev–Trinajstić information content (AvgIpc) is 2.64. The number of fused-ring (bicyclic) bond motifs is 1. The summed E-state index contributed by atoms with van der Waals surface area (Å²) in [4.78, 5) is 16.3. The molecule has 1 aromatic carbocycles. The van der Waals surface area contributed by atoms with Gasteiger partial charge in [0, 0.05) is 12.6 Å². The number of nitrogens with zero attached hydrogens (tertiary/aromatic N) is 1. The monoisotopic (exact) mass is 323 g/mol. The van der Waals surface area contributed by atoms with Crippen molar-refractivity contribution < 1.29 is 9.53 Å². The molecule has 0 bridgehead atoms. The Balaban J connectivity index is 1.43. The van der Waals surface area contributed by atoms with E-state index in [0.717, 1.165) is 36.6 Å². The van der Waals surface area contributed by atoms with Gasteiger partial charge in [0.05, 0.1) is 12.2 Å². The lowest BCUT2D eigenvalue weighted by Crippen LogP contribution is -2.26. The number of hydrogen-bond acceptors (Lipinski definition) is 4. The number of hydrogen-bond donors (Lipinski definition) is 2. The fourth-order valence-electron chi connectivity index (χ4n) is 2.52. The van der Waals surface area contributed by atoms with E-state index in [1.165, 1.54) is 11.6 Å². The van der Waals surface area contributed by atoms with Crippen LogP contribution in [-0.2, 0) is 11.2 Å². The Bertz CT molecular complexity index is 714. The molecule has 2 aromatic rings. The maximum atomic E-state index is 11.8. The van der Waals surface area contributed by atoms with Crippen LogP contribution in [0.3, 0.4) is 0 Å². The lowest BCUT2D eigenvalue weighted by molar-refractivity contribution is -0.116. The second-order valence-corrected chi connectivity index (χ2v) is 5.56. The number of nitrogens with one attached hydrogen (secondary N) is 2. The third-order valence-electron chi connectivity index (χ3n) is 3.73. The average molecular weight is 323 g/mol. The summed E-state index contributed by atoms with van der Waals surface area (Å²) in [5.74, 6) is 1.58. The smallest absolute Gasteiger partial charge is 0.244 e.